The summed E-state index contributed by atoms with van der Waals surface area (Å²) >= 11 is 0. The van der Waals surface area contributed by atoms with Gasteiger partial charge in [0.05, 0.1) is 5.92 Å². The van der Waals surface area contributed by atoms with Crippen LogP contribution in [0.15, 0.2) is 0 Å². The summed E-state index contributed by atoms with van der Waals surface area (Å²) in [4.78, 5) is 24.0. The van der Waals surface area contributed by atoms with Gasteiger partial charge in [-0.25, -0.2) is 0 Å². The van der Waals surface area contributed by atoms with Crippen LogP contribution in [0.4, 0.5) is 0 Å². The van der Waals surface area contributed by atoms with E-state index in [0.717, 1.165) is 19.3 Å². The van der Waals surface area contributed by atoms with E-state index in [2.05, 4.69) is 0 Å². The molecule has 2 unspecified atom stereocenters. The van der Waals surface area contributed by atoms with Gasteiger partial charge in [0.25, 0.3) is 0 Å². The molecule has 1 rings (SSSR count). The van der Waals surface area contributed by atoms with Gasteiger partial charge < -0.3 is 4.74 Å². The van der Waals surface area contributed by atoms with Gasteiger partial charge in [-0.2, -0.15) is 0 Å². The highest BCUT2D eigenvalue weighted by Crippen LogP contribution is 2.38. The summed E-state index contributed by atoms with van der Waals surface area (Å²) in [5, 5.41) is 0. The van der Waals surface area contributed by atoms with Crippen LogP contribution in [0.2, 0.25) is 0 Å². The molecule has 2 atom stereocenters. The minimum Gasteiger partial charge on any atom is -0.460 e. The van der Waals surface area contributed by atoms with Gasteiger partial charge in [-0.15, -0.1) is 0 Å². The monoisotopic (exact) mass is 254 g/mol. The lowest BCUT2D eigenvalue weighted by atomic mass is 9.70. The number of hydrogen-bond acceptors (Lipinski definition) is 3. The minimum absolute atomic E-state index is 0.193. The Morgan fingerprint density at radius 3 is 2.50 bits per heavy atom. The summed E-state index contributed by atoms with van der Waals surface area (Å²) in [6.07, 6.45) is 4.26. The van der Waals surface area contributed by atoms with Crippen LogP contribution in [0.1, 0.15) is 66.7 Å². The second-order valence-corrected chi connectivity index (χ2v) is 6.83. The van der Waals surface area contributed by atoms with Gasteiger partial charge in [0.15, 0.2) is 0 Å². The highest BCUT2D eigenvalue weighted by Gasteiger charge is 2.38. The predicted octanol–water partition coefficient (Wildman–Crippen LogP) is 3.50. The fourth-order valence-corrected chi connectivity index (χ4v) is 2.62. The summed E-state index contributed by atoms with van der Waals surface area (Å²) in [6, 6.07) is 0. The summed E-state index contributed by atoms with van der Waals surface area (Å²) in [5.41, 5.74) is -0.780. The van der Waals surface area contributed by atoms with Crippen LogP contribution in [0.5, 0.6) is 0 Å². The largest absolute Gasteiger partial charge is 0.460 e. The van der Waals surface area contributed by atoms with Crippen LogP contribution in [0, 0.1) is 11.3 Å². The molecule has 1 saturated carbocycles. The van der Waals surface area contributed by atoms with Crippen molar-refractivity contribution in [1.82, 2.24) is 0 Å². The second kappa shape index (κ2) is 5.41. The predicted molar refractivity (Wildman–Crippen MR) is 71.2 cm³/mol. The average molecular weight is 254 g/mol. The third-order valence-electron chi connectivity index (χ3n) is 3.62. The van der Waals surface area contributed by atoms with Gasteiger partial charge in [-0.05, 0) is 40.0 Å². The van der Waals surface area contributed by atoms with Crippen molar-refractivity contribution in [3.63, 3.8) is 0 Å². The molecule has 0 aromatic heterocycles. The molecule has 3 nitrogen and oxygen atoms in total. The zero-order chi connectivity index (χ0) is 14.0. The molecule has 1 aliphatic carbocycles. The summed E-state index contributed by atoms with van der Waals surface area (Å²) < 4.78 is 5.37. The third kappa shape index (κ3) is 4.11. The molecule has 0 aromatic carbocycles. The number of hydrogen-bond donors (Lipinski definition) is 0. The van der Waals surface area contributed by atoms with E-state index in [1.807, 2.05) is 34.6 Å². The molecule has 104 valence electrons. The van der Waals surface area contributed by atoms with E-state index in [4.69, 9.17) is 4.74 Å². The third-order valence-corrected chi connectivity index (χ3v) is 3.62. The van der Waals surface area contributed by atoms with Crippen LogP contribution in [-0.2, 0) is 14.3 Å². The molecular formula is C15H26O3. The SMILES string of the molecule is CC(CC1(C)CCCCC1=O)C(=O)OC(C)(C)C. The molecule has 18 heavy (non-hydrogen) atoms. The van der Waals surface area contributed by atoms with Gasteiger partial charge in [0, 0.05) is 11.8 Å². The van der Waals surface area contributed by atoms with E-state index in [9.17, 15) is 9.59 Å². The molecule has 0 radical (unpaired) electrons. The van der Waals surface area contributed by atoms with Gasteiger partial charge in [-0.3, -0.25) is 9.59 Å². The lowest BCUT2D eigenvalue weighted by Gasteiger charge is -2.34. The zero-order valence-electron chi connectivity index (χ0n) is 12.3. The molecule has 0 bridgehead atoms. The Labute approximate surface area is 110 Å². The number of ketones is 1. The number of Topliss-reactive ketones (excluding diaryl/α,β-unsaturated/α-hetero) is 1. The fourth-order valence-electron chi connectivity index (χ4n) is 2.62. The number of carbonyl (C=O) groups excluding carboxylic acids is 2. The Morgan fingerprint density at radius 1 is 1.39 bits per heavy atom. The van der Waals surface area contributed by atoms with Crippen LogP contribution in [0.25, 0.3) is 0 Å². The number of ether oxygens (including phenoxy) is 1. The first-order valence-electron chi connectivity index (χ1n) is 6.90. The molecule has 0 spiro atoms. The number of rotatable bonds is 3. The van der Waals surface area contributed by atoms with Crippen LogP contribution in [0.3, 0.4) is 0 Å². The van der Waals surface area contributed by atoms with Crippen molar-refractivity contribution >= 4 is 11.8 Å². The van der Waals surface area contributed by atoms with Crippen molar-refractivity contribution in [1.29, 1.82) is 0 Å². The van der Waals surface area contributed by atoms with E-state index in [1.54, 1.807) is 0 Å². The molecule has 0 N–H and O–H groups in total. The quantitative estimate of drug-likeness (QED) is 0.724. The van der Waals surface area contributed by atoms with Gasteiger partial charge in [0.1, 0.15) is 11.4 Å². The van der Waals surface area contributed by atoms with E-state index >= 15 is 0 Å². The Balaban J connectivity index is 2.60. The minimum atomic E-state index is -0.456. The summed E-state index contributed by atoms with van der Waals surface area (Å²) in [6.45, 7) is 9.46. The number of carbonyl (C=O) groups is 2. The van der Waals surface area contributed by atoms with E-state index in [-0.39, 0.29) is 17.3 Å². The molecule has 0 saturated heterocycles. The maximum atomic E-state index is 12.0. The molecule has 0 amide bonds. The Morgan fingerprint density at radius 2 is 2.00 bits per heavy atom. The second-order valence-electron chi connectivity index (χ2n) is 6.83. The van der Waals surface area contributed by atoms with E-state index in [1.165, 1.54) is 0 Å². The maximum Gasteiger partial charge on any atom is 0.309 e. The Hall–Kier alpha value is -0.860. The average Bonchev–Trinajstić information content (AvgIpc) is 2.20. The first kappa shape index (κ1) is 15.2. The number of esters is 1. The molecule has 0 aliphatic heterocycles. The molecule has 3 heteroatoms. The Kier molecular flexibility index (Phi) is 4.57. The maximum absolute atomic E-state index is 12.0. The van der Waals surface area contributed by atoms with Gasteiger partial charge >= 0.3 is 5.97 Å². The first-order valence-corrected chi connectivity index (χ1v) is 6.90. The topological polar surface area (TPSA) is 43.4 Å². The lowest BCUT2D eigenvalue weighted by Crippen LogP contribution is -2.36. The molecule has 0 heterocycles. The van der Waals surface area contributed by atoms with Gasteiger partial charge in [-0.1, -0.05) is 20.3 Å². The molecule has 1 aliphatic rings. The highest BCUT2D eigenvalue weighted by molar-refractivity contribution is 5.85. The normalized spacial score (nSPS) is 26.8. The van der Waals surface area contributed by atoms with E-state index < -0.39 is 5.60 Å². The lowest BCUT2D eigenvalue weighted by molar-refractivity contribution is -0.161. The van der Waals surface area contributed by atoms with Crippen molar-refractivity contribution in [3.05, 3.63) is 0 Å². The van der Waals surface area contributed by atoms with Crippen molar-refractivity contribution in [2.45, 2.75) is 72.3 Å². The van der Waals surface area contributed by atoms with Crippen molar-refractivity contribution < 1.29 is 14.3 Å². The van der Waals surface area contributed by atoms with Crippen molar-refractivity contribution in [2.75, 3.05) is 0 Å². The first-order chi connectivity index (χ1) is 8.14. The molecule has 0 aromatic rings. The van der Waals surface area contributed by atoms with E-state index in [0.29, 0.717) is 18.6 Å². The van der Waals surface area contributed by atoms with Crippen molar-refractivity contribution in [3.8, 4) is 0 Å². The van der Waals surface area contributed by atoms with Crippen LogP contribution >= 0.6 is 0 Å². The molecule has 1 fully saturated rings. The van der Waals surface area contributed by atoms with Gasteiger partial charge in [0.2, 0.25) is 0 Å². The van der Waals surface area contributed by atoms with Crippen molar-refractivity contribution in [2.24, 2.45) is 11.3 Å². The standard InChI is InChI=1S/C15H26O3/c1-11(13(17)18-14(2,3)4)10-15(5)9-7-6-8-12(15)16/h11H,6-10H2,1-5H3. The zero-order valence-corrected chi connectivity index (χ0v) is 12.3. The van der Waals surface area contributed by atoms with Crippen LogP contribution < -0.4 is 0 Å². The summed E-state index contributed by atoms with van der Waals surface area (Å²) in [5.74, 6) is -0.0949. The smallest absolute Gasteiger partial charge is 0.309 e. The summed E-state index contributed by atoms with van der Waals surface area (Å²) in [7, 11) is 0. The Bertz CT molecular complexity index is 327. The highest BCUT2D eigenvalue weighted by atomic mass is 16.6. The molecular weight excluding hydrogens is 228 g/mol. The fraction of sp³-hybridized carbons (Fsp3) is 0.867. The van der Waals surface area contributed by atoms with Crippen LogP contribution in [-0.4, -0.2) is 17.4 Å².